The lowest BCUT2D eigenvalue weighted by Crippen LogP contribution is -2.07. The molecule has 1 unspecified atom stereocenters. The molecule has 0 saturated carbocycles. The smallest absolute Gasteiger partial charge is 0.148 e. The van der Waals surface area contributed by atoms with Crippen LogP contribution in [0.1, 0.15) is 31.1 Å². The third-order valence-corrected chi connectivity index (χ3v) is 3.14. The SMILES string of the molecule is CC(C)Oc1ccc(C2Cc3nccnc3N2)cc1. The molecule has 0 amide bonds. The quantitative estimate of drug-likeness (QED) is 0.916. The minimum absolute atomic E-state index is 0.202. The van der Waals surface area contributed by atoms with Crippen molar-refractivity contribution in [2.24, 2.45) is 0 Å². The highest BCUT2D eigenvalue weighted by Crippen LogP contribution is 2.31. The summed E-state index contributed by atoms with van der Waals surface area (Å²) in [5.41, 5.74) is 2.27. The molecule has 2 aromatic rings. The van der Waals surface area contributed by atoms with E-state index in [2.05, 4.69) is 27.4 Å². The van der Waals surface area contributed by atoms with Crippen LogP contribution in [0.4, 0.5) is 5.82 Å². The molecule has 0 spiro atoms. The maximum absolute atomic E-state index is 5.65. The number of fused-ring (bicyclic) bond motifs is 1. The van der Waals surface area contributed by atoms with Crippen LogP contribution in [0.2, 0.25) is 0 Å². The molecule has 3 rings (SSSR count). The number of anilines is 1. The van der Waals surface area contributed by atoms with Crippen molar-refractivity contribution in [2.75, 3.05) is 5.32 Å². The largest absolute Gasteiger partial charge is 0.491 e. The van der Waals surface area contributed by atoms with Crippen LogP contribution in [-0.2, 0) is 6.42 Å². The van der Waals surface area contributed by atoms with Gasteiger partial charge in [0.2, 0.25) is 0 Å². The van der Waals surface area contributed by atoms with Crippen molar-refractivity contribution in [3.63, 3.8) is 0 Å². The highest BCUT2D eigenvalue weighted by atomic mass is 16.5. The third kappa shape index (κ3) is 2.52. The van der Waals surface area contributed by atoms with E-state index in [0.29, 0.717) is 0 Å². The second kappa shape index (κ2) is 4.88. The summed E-state index contributed by atoms with van der Waals surface area (Å²) >= 11 is 0. The van der Waals surface area contributed by atoms with Gasteiger partial charge in [0, 0.05) is 18.8 Å². The maximum atomic E-state index is 5.65. The summed E-state index contributed by atoms with van der Waals surface area (Å²) in [4.78, 5) is 8.64. The molecule has 1 aliphatic heterocycles. The summed E-state index contributed by atoms with van der Waals surface area (Å²) in [5, 5.41) is 3.40. The Kier molecular flexibility index (Phi) is 3.07. The average Bonchev–Trinajstić information content (AvgIpc) is 2.82. The van der Waals surface area contributed by atoms with Gasteiger partial charge in [-0.25, -0.2) is 4.98 Å². The summed E-state index contributed by atoms with van der Waals surface area (Å²) in [6, 6.07) is 8.48. The normalized spacial score (nSPS) is 17.1. The van der Waals surface area contributed by atoms with Crippen molar-refractivity contribution in [2.45, 2.75) is 32.4 Å². The number of benzene rings is 1. The van der Waals surface area contributed by atoms with Gasteiger partial charge in [-0.15, -0.1) is 0 Å². The van der Waals surface area contributed by atoms with Crippen LogP contribution in [0.15, 0.2) is 36.7 Å². The molecule has 4 heteroatoms. The first-order valence-electron chi connectivity index (χ1n) is 6.55. The van der Waals surface area contributed by atoms with E-state index in [9.17, 15) is 0 Å². The molecule has 1 aliphatic rings. The van der Waals surface area contributed by atoms with E-state index in [4.69, 9.17) is 4.74 Å². The van der Waals surface area contributed by atoms with Crippen molar-refractivity contribution in [1.29, 1.82) is 0 Å². The second-order valence-electron chi connectivity index (χ2n) is 4.99. The van der Waals surface area contributed by atoms with Gasteiger partial charge >= 0.3 is 0 Å². The predicted molar refractivity (Wildman–Crippen MR) is 74.3 cm³/mol. The Balaban J connectivity index is 1.75. The Morgan fingerprint density at radius 2 is 1.89 bits per heavy atom. The first-order valence-corrected chi connectivity index (χ1v) is 6.55. The van der Waals surface area contributed by atoms with E-state index in [1.54, 1.807) is 12.4 Å². The first kappa shape index (κ1) is 12.0. The van der Waals surface area contributed by atoms with Crippen LogP contribution in [0.3, 0.4) is 0 Å². The molecule has 0 saturated heterocycles. The lowest BCUT2D eigenvalue weighted by Gasteiger charge is -2.13. The van der Waals surface area contributed by atoms with E-state index in [1.165, 1.54) is 5.56 Å². The molecule has 98 valence electrons. The summed E-state index contributed by atoms with van der Waals surface area (Å²) in [5.74, 6) is 1.81. The van der Waals surface area contributed by atoms with Gasteiger partial charge in [0.05, 0.1) is 17.8 Å². The van der Waals surface area contributed by atoms with Crippen LogP contribution >= 0.6 is 0 Å². The second-order valence-corrected chi connectivity index (χ2v) is 4.99. The maximum Gasteiger partial charge on any atom is 0.148 e. The van der Waals surface area contributed by atoms with Gasteiger partial charge < -0.3 is 10.1 Å². The lowest BCUT2D eigenvalue weighted by atomic mass is 10.1. The average molecular weight is 255 g/mol. The molecule has 19 heavy (non-hydrogen) atoms. The van der Waals surface area contributed by atoms with E-state index in [-0.39, 0.29) is 12.1 Å². The molecule has 0 radical (unpaired) electrons. The number of nitrogens with one attached hydrogen (secondary N) is 1. The van der Waals surface area contributed by atoms with E-state index >= 15 is 0 Å². The van der Waals surface area contributed by atoms with Gasteiger partial charge in [0.25, 0.3) is 0 Å². The fourth-order valence-electron chi connectivity index (χ4n) is 2.30. The molecule has 0 bridgehead atoms. The number of hydrogen-bond donors (Lipinski definition) is 1. The summed E-state index contributed by atoms with van der Waals surface area (Å²) in [6.07, 6.45) is 4.54. The van der Waals surface area contributed by atoms with E-state index < -0.39 is 0 Å². The molecule has 1 atom stereocenters. The Hall–Kier alpha value is -2.10. The zero-order chi connectivity index (χ0) is 13.2. The Bertz CT molecular complexity index is 541. The molecular formula is C15H17N3O. The number of rotatable bonds is 3. The van der Waals surface area contributed by atoms with Gasteiger partial charge in [-0.2, -0.15) is 0 Å². The van der Waals surface area contributed by atoms with Crippen molar-refractivity contribution in [3.8, 4) is 5.75 Å². The summed E-state index contributed by atoms with van der Waals surface area (Å²) in [7, 11) is 0. The van der Waals surface area contributed by atoms with Crippen LogP contribution in [0, 0.1) is 0 Å². The molecule has 2 heterocycles. The number of ether oxygens (including phenoxy) is 1. The zero-order valence-corrected chi connectivity index (χ0v) is 11.1. The van der Waals surface area contributed by atoms with Gasteiger partial charge in [-0.05, 0) is 31.5 Å². The number of hydrogen-bond acceptors (Lipinski definition) is 4. The van der Waals surface area contributed by atoms with Crippen molar-refractivity contribution in [1.82, 2.24) is 9.97 Å². The standard InChI is InChI=1S/C15H17N3O/c1-10(2)19-12-5-3-11(4-6-12)13-9-14-15(18-13)17-8-7-16-14/h3-8,10,13H,9H2,1-2H3,(H,17,18). The lowest BCUT2D eigenvalue weighted by molar-refractivity contribution is 0.242. The van der Waals surface area contributed by atoms with Crippen LogP contribution in [-0.4, -0.2) is 16.1 Å². The molecule has 4 nitrogen and oxygen atoms in total. The summed E-state index contributed by atoms with van der Waals surface area (Å²) in [6.45, 7) is 4.06. The Morgan fingerprint density at radius 3 is 2.58 bits per heavy atom. The van der Waals surface area contributed by atoms with Gasteiger partial charge in [-0.1, -0.05) is 12.1 Å². The van der Waals surface area contributed by atoms with Crippen molar-refractivity contribution < 1.29 is 4.74 Å². The summed E-state index contributed by atoms with van der Waals surface area (Å²) < 4.78 is 5.65. The zero-order valence-electron chi connectivity index (χ0n) is 11.1. The molecule has 0 fully saturated rings. The number of aromatic nitrogens is 2. The van der Waals surface area contributed by atoms with Crippen molar-refractivity contribution in [3.05, 3.63) is 47.9 Å². The van der Waals surface area contributed by atoms with E-state index in [0.717, 1.165) is 23.7 Å². The third-order valence-electron chi connectivity index (χ3n) is 3.14. The van der Waals surface area contributed by atoms with Crippen molar-refractivity contribution >= 4 is 5.82 Å². The van der Waals surface area contributed by atoms with Crippen LogP contribution in [0.25, 0.3) is 0 Å². The van der Waals surface area contributed by atoms with Gasteiger partial charge in [0.15, 0.2) is 0 Å². The molecule has 0 aliphatic carbocycles. The van der Waals surface area contributed by atoms with Crippen LogP contribution < -0.4 is 10.1 Å². The first-order chi connectivity index (χ1) is 9.22. The topological polar surface area (TPSA) is 47.0 Å². The molecule has 1 aromatic heterocycles. The minimum atomic E-state index is 0.202. The fraction of sp³-hybridized carbons (Fsp3) is 0.333. The highest BCUT2D eigenvalue weighted by molar-refractivity contribution is 5.49. The van der Waals surface area contributed by atoms with E-state index in [1.807, 2.05) is 26.0 Å². The van der Waals surface area contributed by atoms with Gasteiger partial charge in [0.1, 0.15) is 11.6 Å². The Morgan fingerprint density at radius 1 is 1.16 bits per heavy atom. The number of nitrogens with zero attached hydrogens (tertiary/aromatic N) is 2. The predicted octanol–water partition coefficient (Wildman–Crippen LogP) is 2.97. The monoisotopic (exact) mass is 255 g/mol. The molecule has 1 N–H and O–H groups in total. The van der Waals surface area contributed by atoms with Gasteiger partial charge in [-0.3, -0.25) is 4.98 Å². The highest BCUT2D eigenvalue weighted by Gasteiger charge is 2.23. The fourth-order valence-corrected chi connectivity index (χ4v) is 2.30. The molecule has 1 aromatic carbocycles. The Labute approximate surface area is 112 Å². The minimum Gasteiger partial charge on any atom is -0.491 e. The molecular weight excluding hydrogens is 238 g/mol. The van der Waals surface area contributed by atoms with Crippen LogP contribution in [0.5, 0.6) is 5.75 Å².